The van der Waals surface area contributed by atoms with Gasteiger partial charge in [-0.3, -0.25) is 10.1 Å². The number of aromatic nitrogens is 2. The maximum atomic E-state index is 12.7. The lowest BCUT2D eigenvalue weighted by Gasteiger charge is -2.17. The zero-order chi connectivity index (χ0) is 23.6. The lowest BCUT2D eigenvalue weighted by Crippen LogP contribution is -2.48. The minimum absolute atomic E-state index is 0.0223. The van der Waals surface area contributed by atoms with Crippen LogP contribution in [0.25, 0.3) is 11.1 Å². The van der Waals surface area contributed by atoms with Gasteiger partial charge in [0, 0.05) is 23.5 Å². The molecule has 0 unspecified atom stereocenters. The quantitative estimate of drug-likeness (QED) is 0.419. The van der Waals surface area contributed by atoms with Crippen LogP contribution in [0.4, 0.5) is 16.4 Å². The lowest BCUT2D eigenvalue weighted by atomic mass is 10.1. The number of hydrogen-bond donors (Lipinski definition) is 4. The first-order chi connectivity index (χ1) is 15.7. The van der Waals surface area contributed by atoms with E-state index in [0.29, 0.717) is 34.8 Å². The molecule has 12 heteroatoms. The number of pyridine rings is 2. The van der Waals surface area contributed by atoms with Crippen LogP contribution in [-0.2, 0) is 14.8 Å². The summed E-state index contributed by atoms with van der Waals surface area (Å²) in [6.07, 6.45) is 3.78. The highest BCUT2D eigenvalue weighted by Crippen LogP contribution is 2.36. The van der Waals surface area contributed by atoms with Crippen LogP contribution < -0.4 is 21.1 Å². The largest absolute Gasteiger partial charge is 0.323 e. The average molecular weight is 487 g/mol. The zero-order valence-corrected chi connectivity index (χ0v) is 18.7. The molecule has 10 nitrogen and oxygen atoms in total. The Balaban J connectivity index is 1.42. The Hall–Kier alpha value is -3.54. The topological polar surface area (TPSA) is 156 Å². The van der Waals surface area contributed by atoms with Crippen LogP contribution in [0.2, 0.25) is 5.02 Å². The van der Waals surface area contributed by atoms with Crippen LogP contribution in [0.3, 0.4) is 0 Å². The third kappa shape index (κ3) is 5.28. The molecule has 0 saturated heterocycles. The van der Waals surface area contributed by atoms with E-state index in [-0.39, 0.29) is 10.7 Å². The molecule has 0 atom stereocenters. The van der Waals surface area contributed by atoms with E-state index in [1.807, 2.05) is 0 Å². The molecule has 0 bridgehead atoms. The summed E-state index contributed by atoms with van der Waals surface area (Å²) in [4.78, 5) is 33.2. The normalized spacial score (nSPS) is 14.2. The molecule has 1 fully saturated rings. The number of nitrogens with zero attached hydrogens (tertiary/aromatic N) is 2. The Bertz CT molecular complexity index is 1310. The highest BCUT2D eigenvalue weighted by atomic mass is 35.5. The van der Waals surface area contributed by atoms with Gasteiger partial charge in [0.15, 0.2) is 0 Å². The number of rotatable bonds is 6. The molecule has 1 aliphatic carbocycles. The molecule has 33 heavy (non-hydrogen) atoms. The van der Waals surface area contributed by atoms with E-state index in [9.17, 15) is 18.0 Å². The molecule has 3 amide bonds. The molecule has 0 spiro atoms. The van der Waals surface area contributed by atoms with Crippen LogP contribution in [0.15, 0.2) is 65.8 Å². The van der Waals surface area contributed by atoms with E-state index in [2.05, 4.69) is 25.9 Å². The van der Waals surface area contributed by atoms with E-state index in [4.69, 9.17) is 16.7 Å². The second-order valence-electron chi connectivity index (χ2n) is 7.45. The number of primary sulfonamides is 1. The molecule has 3 aromatic rings. The number of nitrogens with one attached hydrogen (secondary N) is 3. The summed E-state index contributed by atoms with van der Waals surface area (Å²) in [7, 11) is -3.91. The number of nitrogens with two attached hydrogens (primary N) is 1. The summed E-state index contributed by atoms with van der Waals surface area (Å²) in [5.41, 5.74) is -0.123. The van der Waals surface area contributed by atoms with Crippen molar-refractivity contribution >= 4 is 45.2 Å². The number of carbonyl (C=O) groups excluding carboxylic acids is 2. The second kappa shape index (κ2) is 8.77. The van der Waals surface area contributed by atoms with Gasteiger partial charge in [0.1, 0.15) is 17.2 Å². The molecule has 2 aromatic heterocycles. The average Bonchev–Trinajstić information content (AvgIpc) is 3.56. The summed E-state index contributed by atoms with van der Waals surface area (Å²) < 4.78 is 23.7. The first-order valence-electron chi connectivity index (χ1n) is 9.77. The molecule has 0 aliphatic heterocycles. The number of anilines is 2. The minimum Gasteiger partial charge on any atom is -0.323 e. The summed E-state index contributed by atoms with van der Waals surface area (Å²) in [6, 6.07) is 12.0. The lowest BCUT2D eigenvalue weighted by molar-refractivity contribution is -0.118. The fourth-order valence-electron chi connectivity index (χ4n) is 3.16. The standard InChI is InChI=1S/C21H19ClN6O4S/c22-14-6-8-18(25-12-14)27-20(30)28-21(9-10-21)19(29)26-17-7-5-13(11-24-17)15-3-1-2-4-16(15)33(23,31)32/h1-8,11-12H,9-10H2,(H2,23,31,32)(H,24,26,29)(H2,25,27,28,30). The van der Waals surface area contributed by atoms with E-state index in [0.717, 1.165) is 0 Å². The molecule has 1 saturated carbocycles. The number of amides is 3. The maximum absolute atomic E-state index is 12.7. The van der Waals surface area contributed by atoms with Crippen LogP contribution in [0.1, 0.15) is 12.8 Å². The van der Waals surface area contributed by atoms with Gasteiger partial charge < -0.3 is 10.6 Å². The van der Waals surface area contributed by atoms with Crippen molar-refractivity contribution < 1.29 is 18.0 Å². The first kappa shape index (κ1) is 22.6. The van der Waals surface area contributed by atoms with Crippen molar-refractivity contribution in [3.05, 3.63) is 65.9 Å². The van der Waals surface area contributed by atoms with E-state index >= 15 is 0 Å². The number of hydrogen-bond acceptors (Lipinski definition) is 6. The summed E-state index contributed by atoms with van der Waals surface area (Å²) in [6.45, 7) is 0. The Kier molecular flexibility index (Phi) is 6.02. The monoisotopic (exact) mass is 486 g/mol. The molecular formula is C21H19ClN6O4S. The number of sulfonamides is 1. The van der Waals surface area contributed by atoms with E-state index in [1.165, 1.54) is 18.5 Å². The van der Waals surface area contributed by atoms with Crippen LogP contribution in [-0.4, -0.2) is 35.9 Å². The predicted molar refractivity (Wildman–Crippen MR) is 123 cm³/mol. The van der Waals surface area contributed by atoms with Gasteiger partial charge in [-0.05, 0) is 43.2 Å². The highest BCUT2D eigenvalue weighted by Gasteiger charge is 2.51. The van der Waals surface area contributed by atoms with Gasteiger partial charge in [-0.2, -0.15) is 0 Å². The third-order valence-electron chi connectivity index (χ3n) is 5.02. The first-order valence-corrected chi connectivity index (χ1v) is 11.7. The van der Waals surface area contributed by atoms with Crippen LogP contribution in [0.5, 0.6) is 0 Å². The van der Waals surface area contributed by atoms with Gasteiger partial charge in [-0.15, -0.1) is 0 Å². The zero-order valence-electron chi connectivity index (χ0n) is 17.1. The molecule has 170 valence electrons. The fraction of sp³-hybridized carbons (Fsp3) is 0.143. The predicted octanol–water partition coefficient (Wildman–Crippen LogP) is 2.74. The molecular weight excluding hydrogens is 468 g/mol. The summed E-state index contributed by atoms with van der Waals surface area (Å²) in [5, 5.41) is 13.6. The summed E-state index contributed by atoms with van der Waals surface area (Å²) in [5.74, 6) is 0.140. The smallest absolute Gasteiger partial charge is 0.321 e. The third-order valence-corrected chi connectivity index (χ3v) is 6.21. The van der Waals surface area contributed by atoms with Crippen molar-refractivity contribution in [1.29, 1.82) is 0 Å². The summed E-state index contributed by atoms with van der Waals surface area (Å²) >= 11 is 5.77. The van der Waals surface area contributed by atoms with Crippen molar-refractivity contribution in [2.24, 2.45) is 5.14 Å². The van der Waals surface area contributed by atoms with Crippen molar-refractivity contribution in [3.63, 3.8) is 0 Å². The fourth-order valence-corrected chi connectivity index (χ4v) is 4.04. The molecule has 1 aromatic carbocycles. The van der Waals surface area contributed by atoms with Crippen molar-refractivity contribution in [1.82, 2.24) is 15.3 Å². The highest BCUT2D eigenvalue weighted by molar-refractivity contribution is 7.89. The van der Waals surface area contributed by atoms with Gasteiger partial charge in [0.05, 0.1) is 9.92 Å². The van der Waals surface area contributed by atoms with Gasteiger partial charge in [-0.25, -0.2) is 28.3 Å². The van der Waals surface area contributed by atoms with Gasteiger partial charge in [-0.1, -0.05) is 29.8 Å². The number of urea groups is 1. The van der Waals surface area contributed by atoms with Crippen LogP contribution >= 0.6 is 11.6 Å². The van der Waals surface area contributed by atoms with Crippen molar-refractivity contribution in [3.8, 4) is 11.1 Å². The van der Waals surface area contributed by atoms with Crippen molar-refractivity contribution in [2.45, 2.75) is 23.3 Å². The minimum atomic E-state index is -3.91. The van der Waals surface area contributed by atoms with Gasteiger partial charge >= 0.3 is 6.03 Å². The molecule has 1 aliphatic rings. The molecule has 2 heterocycles. The van der Waals surface area contributed by atoms with Gasteiger partial charge in [0.2, 0.25) is 10.0 Å². The number of carbonyl (C=O) groups is 2. The number of halogens is 1. The van der Waals surface area contributed by atoms with E-state index in [1.54, 1.807) is 42.5 Å². The Morgan fingerprint density at radius 2 is 1.61 bits per heavy atom. The van der Waals surface area contributed by atoms with Crippen LogP contribution in [0, 0.1) is 0 Å². The Morgan fingerprint density at radius 1 is 0.939 bits per heavy atom. The maximum Gasteiger partial charge on any atom is 0.321 e. The molecule has 5 N–H and O–H groups in total. The Labute approximate surface area is 194 Å². The second-order valence-corrected chi connectivity index (χ2v) is 9.42. The SMILES string of the molecule is NS(=O)(=O)c1ccccc1-c1ccc(NC(=O)C2(NC(=O)Nc3ccc(Cl)cn3)CC2)nc1. The van der Waals surface area contributed by atoms with Crippen molar-refractivity contribution in [2.75, 3.05) is 10.6 Å². The van der Waals surface area contributed by atoms with Gasteiger partial charge in [0.25, 0.3) is 5.91 Å². The van der Waals surface area contributed by atoms with E-state index < -0.39 is 27.5 Å². The molecule has 0 radical (unpaired) electrons. The number of benzene rings is 1. The molecule has 4 rings (SSSR count). The Morgan fingerprint density at radius 3 is 2.21 bits per heavy atom.